The van der Waals surface area contributed by atoms with Crippen LogP contribution in [-0.2, 0) is 4.79 Å². The van der Waals surface area contributed by atoms with Gasteiger partial charge in [-0.2, -0.15) is 0 Å². The van der Waals surface area contributed by atoms with Crippen molar-refractivity contribution in [3.8, 4) is 5.75 Å². The third kappa shape index (κ3) is 2.75. The van der Waals surface area contributed by atoms with Crippen LogP contribution >= 0.6 is 0 Å². The van der Waals surface area contributed by atoms with Gasteiger partial charge < -0.3 is 15.0 Å². The molecule has 3 rings (SSSR count). The lowest BCUT2D eigenvalue weighted by Crippen LogP contribution is -2.50. The van der Waals surface area contributed by atoms with E-state index >= 15 is 0 Å². The van der Waals surface area contributed by atoms with E-state index < -0.39 is 17.8 Å². The monoisotopic (exact) mass is 314 g/mol. The third-order valence-electron chi connectivity index (χ3n) is 3.66. The zero-order valence-corrected chi connectivity index (χ0v) is 12.5. The molecule has 0 aliphatic carbocycles. The highest BCUT2D eigenvalue weighted by atomic mass is 19.1. The summed E-state index contributed by atoms with van der Waals surface area (Å²) in [6.45, 7) is 0.0177. The van der Waals surface area contributed by atoms with Gasteiger partial charge in [0.25, 0.3) is 11.8 Å². The van der Waals surface area contributed by atoms with Crippen molar-refractivity contribution in [3.63, 3.8) is 0 Å². The highest BCUT2D eigenvalue weighted by Crippen LogP contribution is 2.34. The molecule has 0 fully saturated rings. The zero-order valence-electron chi connectivity index (χ0n) is 12.5. The Morgan fingerprint density at radius 3 is 2.61 bits per heavy atom. The highest BCUT2D eigenvalue weighted by molar-refractivity contribution is 6.08. The Hall–Kier alpha value is -2.89. The van der Waals surface area contributed by atoms with Crippen molar-refractivity contribution < 1.29 is 18.7 Å². The summed E-state index contributed by atoms with van der Waals surface area (Å²) < 4.78 is 19.6. The molecular formula is C17H15FN2O3. The first-order valence-corrected chi connectivity index (χ1v) is 7.15. The fourth-order valence-corrected chi connectivity index (χ4v) is 2.50. The van der Waals surface area contributed by atoms with Crippen LogP contribution in [0.2, 0.25) is 0 Å². The topological polar surface area (TPSA) is 58.6 Å². The van der Waals surface area contributed by atoms with Crippen LogP contribution in [0.15, 0.2) is 48.5 Å². The van der Waals surface area contributed by atoms with Crippen LogP contribution in [0.5, 0.6) is 5.75 Å². The first kappa shape index (κ1) is 15.0. The molecule has 2 amide bonds. The minimum absolute atomic E-state index is 0.0177. The van der Waals surface area contributed by atoms with Crippen LogP contribution in [0.4, 0.5) is 10.1 Å². The van der Waals surface area contributed by atoms with E-state index in [1.165, 1.54) is 30.1 Å². The molecule has 118 valence electrons. The van der Waals surface area contributed by atoms with Crippen molar-refractivity contribution in [1.82, 2.24) is 5.32 Å². The van der Waals surface area contributed by atoms with Crippen molar-refractivity contribution in [2.75, 3.05) is 18.5 Å². The third-order valence-corrected chi connectivity index (χ3v) is 3.66. The van der Waals surface area contributed by atoms with E-state index in [0.29, 0.717) is 11.4 Å². The summed E-state index contributed by atoms with van der Waals surface area (Å²) in [5.41, 5.74) is 0.473. The van der Waals surface area contributed by atoms with E-state index in [1.54, 1.807) is 30.3 Å². The maximum absolute atomic E-state index is 13.9. The molecule has 0 radical (unpaired) electrons. The van der Waals surface area contributed by atoms with Crippen molar-refractivity contribution in [2.45, 2.75) is 6.10 Å². The summed E-state index contributed by atoms with van der Waals surface area (Å²) in [4.78, 5) is 26.0. The molecule has 1 atom stereocenters. The molecule has 1 unspecified atom stereocenters. The van der Waals surface area contributed by atoms with Crippen LogP contribution in [0.1, 0.15) is 10.4 Å². The predicted molar refractivity (Wildman–Crippen MR) is 83.0 cm³/mol. The smallest absolute Gasteiger partial charge is 0.262 e. The Labute approximate surface area is 132 Å². The summed E-state index contributed by atoms with van der Waals surface area (Å²) in [5, 5.41) is 2.50. The SMILES string of the molecule is CNC(=O)C1CN(C(=O)c2ccccc2F)c2ccccc2O1. The first-order valence-electron chi connectivity index (χ1n) is 7.15. The van der Waals surface area contributed by atoms with E-state index in [1.807, 2.05) is 0 Å². The molecule has 0 bridgehead atoms. The summed E-state index contributed by atoms with van der Waals surface area (Å²) >= 11 is 0. The maximum Gasteiger partial charge on any atom is 0.262 e. The molecule has 0 aromatic heterocycles. The lowest BCUT2D eigenvalue weighted by molar-refractivity contribution is -0.127. The number of fused-ring (bicyclic) bond motifs is 1. The minimum Gasteiger partial charge on any atom is -0.477 e. The van der Waals surface area contributed by atoms with Crippen molar-refractivity contribution >= 4 is 17.5 Å². The molecule has 0 spiro atoms. The number of halogens is 1. The molecule has 2 aromatic carbocycles. The Morgan fingerprint density at radius 1 is 1.17 bits per heavy atom. The van der Waals surface area contributed by atoms with E-state index in [9.17, 15) is 14.0 Å². The predicted octanol–water partition coefficient (Wildman–Crippen LogP) is 1.98. The van der Waals surface area contributed by atoms with Gasteiger partial charge in [0.2, 0.25) is 0 Å². The Kier molecular flexibility index (Phi) is 3.97. The molecule has 1 aliphatic rings. The van der Waals surface area contributed by atoms with E-state index in [4.69, 9.17) is 4.74 Å². The van der Waals surface area contributed by atoms with Crippen LogP contribution < -0.4 is 15.0 Å². The second-order valence-electron chi connectivity index (χ2n) is 5.08. The molecule has 1 aliphatic heterocycles. The van der Waals surface area contributed by atoms with Crippen molar-refractivity contribution in [3.05, 3.63) is 59.9 Å². The van der Waals surface area contributed by atoms with Crippen molar-refractivity contribution in [1.29, 1.82) is 0 Å². The lowest BCUT2D eigenvalue weighted by Gasteiger charge is -2.34. The Bertz CT molecular complexity index is 763. The van der Waals surface area contributed by atoms with Gasteiger partial charge in [-0.25, -0.2) is 4.39 Å². The fraction of sp³-hybridized carbons (Fsp3) is 0.176. The number of anilines is 1. The second-order valence-corrected chi connectivity index (χ2v) is 5.08. The summed E-state index contributed by atoms with van der Waals surface area (Å²) in [6.07, 6.45) is -0.842. The van der Waals surface area contributed by atoms with Gasteiger partial charge >= 0.3 is 0 Å². The largest absolute Gasteiger partial charge is 0.477 e. The second kappa shape index (κ2) is 6.08. The number of ether oxygens (including phenoxy) is 1. The van der Waals surface area contributed by atoms with Gasteiger partial charge in [-0.1, -0.05) is 24.3 Å². The molecule has 1 heterocycles. The summed E-state index contributed by atoms with van der Waals surface area (Å²) in [5.74, 6) is -1.03. The molecule has 2 aromatic rings. The molecule has 6 heteroatoms. The molecular weight excluding hydrogens is 299 g/mol. The molecule has 23 heavy (non-hydrogen) atoms. The number of hydrogen-bond donors (Lipinski definition) is 1. The van der Waals surface area contributed by atoms with Gasteiger partial charge in [-0.3, -0.25) is 9.59 Å². The Morgan fingerprint density at radius 2 is 1.87 bits per heavy atom. The fourth-order valence-electron chi connectivity index (χ4n) is 2.50. The van der Waals surface area contributed by atoms with Crippen LogP contribution in [0.3, 0.4) is 0 Å². The van der Waals surface area contributed by atoms with E-state index in [-0.39, 0.29) is 18.0 Å². The van der Waals surface area contributed by atoms with Gasteiger partial charge in [0.15, 0.2) is 6.10 Å². The minimum atomic E-state index is -0.842. The number of carbonyl (C=O) groups is 2. The normalized spacial score (nSPS) is 16.3. The molecule has 0 saturated carbocycles. The number of likely N-dealkylation sites (N-methyl/N-ethyl adjacent to an activating group) is 1. The first-order chi connectivity index (χ1) is 11.1. The van der Waals surface area contributed by atoms with E-state index in [0.717, 1.165) is 0 Å². The average molecular weight is 314 g/mol. The molecule has 1 N–H and O–H groups in total. The summed E-state index contributed by atoms with van der Waals surface area (Å²) in [6, 6.07) is 12.6. The van der Waals surface area contributed by atoms with E-state index in [2.05, 4.69) is 5.32 Å². The van der Waals surface area contributed by atoms with Crippen molar-refractivity contribution in [2.24, 2.45) is 0 Å². The number of hydrogen-bond acceptors (Lipinski definition) is 3. The lowest BCUT2D eigenvalue weighted by atomic mass is 10.1. The summed E-state index contributed by atoms with van der Waals surface area (Å²) in [7, 11) is 1.50. The van der Waals surface area contributed by atoms with Crippen LogP contribution in [-0.4, -0.2) is 31.5 Å². The van der Waals surface area contributed by atoms with Crippen LogP contribution in [0.25, 0.3) is 0 Å². The van der Waals surface area contributed by atoms with Gasteiger partial charge in [0.1, 0.15) is 11.6 Å². The zero-order chi connectivity index (χ0) is 16.4. The number of para-hydroxylation sites is 2. The maximum atomic E-state index is 13.9. The number of rotatable bonds is 2. The molecule has 0 saturated heterocycles. The number of benzene rings is 2. The number of nitrogens with one attached hydrogen (secondary N) is 1. The quantitative estimate of drug-likeness (QED) is 0.922. The number of amides is 2. The Balaban J connectivity index is 2.01. The number of carbonyl (C=O) groups excluding carboxylic acids is 2. The van der Waals surface area contributed by atoms with Gasteiger partial charge in [0, 0.05) is 7.05 Å². The van der Waals surface area contributed by atoms with Gasteiger partial charge in [-0.15, -0.1) is 0 Å². The van der Waals surface area contributed by atoms with Crippen LogP contribution in [0, 0.1) is 5.82 Å². The molecule has 5 nitrogen and oxygen atoms in total. The highest BCUT2D eigenvalue weighted by Gasteiger charge is 2.34. The average Bonchev–Trinajstić information content (AvgIpc) is 2.60. The standard InChI is InChI=1S/C17H15FN2O3/c1-19-16(21)15-10-20(13-8-4-5-9-14(13)23-15)17(22)11-6-2-3-7-12(11)18/h2-9,15H,10H2,1H3,(H,19,21). The van der Waals surface area contributed by atoms with Gasteiger partial charge in [0.05, 0.1) is 17.8 Å². The van der Waals surface area contributed by atoms with Gasteiger partial charge in [-0.05, 0) is 24.3 Å². The number of nitrogens with zero attached hydrogens (tertiary/aromatic N) is 1.